The first-order valence-corrected chi connectivity index (χ1v) is 11.5. The van der Waals surface area contributed by atoms with E-state index in [4.69, 9.17) is 4.74 Å². The number of H-pyrrole nitrogens is 1. The first-order valence-electron chi connectivity index (χ1n) is 11.5. The van der Waals surface area contributed by atoms with E-state index in [2.05, 4.69) is 22.9 Å². The number of alkyl halides is 3. The number of allylic oxidation sites excluding steroid dienone is 2. The summed E-state index contributed by atoms with van der Waals surface area (Å²) in [6.45, 7) is 9.16. The van der Waals surface area contributed by atoms with Crippen molar-refractivity contribution in [1.29, 1.82) is 0 Å². The van der Waals surface area contributed by atoms with Crippen molar-refractivity contribution in [1.82, 2.24) is 15.2 Å². The van der Waals surface area contributed by atoms with Gasteiger partial charge in [-0.15, -0.1) is 0 Å². The van der Waals surface area contributed by atoms with Crippen LogP contribution in [0, 0.1) is 0 Å². The van der Waals surface area contributed by atoms with E-state index in [1.807, 2.05) is 55.2 Å². The van der Waals surface area contributed by atoms with E-state index >= 15 is 0 Å². The summed E-state index contributed by atoms with van der Waals surface area (Å²) in [5, 5.41) is 4.25. The van der Waals surface area contributed by atoms with Crippen LogP contribution in [-0.4, -0.2) is 55.3 Å². The van der Waals surface area contributed by atoms with E-state index in [1.165, 1.54) is 5.56 Å². The lowest BCUT2D eigenvalue weighted by Crippen LogP contribution is -2.45. The summed E-state index contributed by atoms with van der Waals surface area (Å²) in [4.78, 5) is 5.30. The Balaban J connectivity index is 1.78. The quantitative estimate of drug-likeness (QED) is 0.242. The molecule has 2 aromatic rings. The highest BCUT2D eigenvalue weighted by atomic mass is 19.3. The molecule has 0 aliphatic carbocycles. The normalized spacial score (nSPS) is 19.5. The Morgan fingerprint density at radius 1 is 1.30 bits per heavy atom. The Bertz CT molecular complexity index is 982. The zero-order chi connectivity index (χ0) is 23.8. The van der Waals surface area contributed by atoms with E-state index < -0.39 is 6.43 Å². The minimum Gasteiger partial charge on any atom is -0.493 e. The summed E-state index contributed by atoms with van der Waals surface area (Å²) in [5.74, 6) is 0.671. The first-order chi connectivity index (χ1) is 16.0. The zero-order valence-electron chi connectivity index (χ0n) is 19.4. The maximum atomic E-state index is 13.5. The number of fused-ring (bicyclic) bond motifs is 3. The lowest BCUT2D eigenvalue weighted by Gasteiger charge is -2.41. The van der Waals surface area contributed by atoms with Crippen LogP contribution >= 0.6 is 0 Å². The highest BCUT2D eigenvalue weighted by molar-refractivity contribution is 5.85. The SMILES string of the molecule is C=C(/C=C\C(=C/C)OCCNCCCF)[C@@H]1c2[nH]c3ccccc3c2C[C@@H](C)N1CC(F)F. The summed E-state index contributed by atoms with van der Waals surface area (Å²) < 4.78 is 44.9. The number of rotatable bonds is 12. The third-order valence-corrected chi connectivity index (χ3v) is 6.00. The summed E-state index contributed by atoms with van der Waals surface area (Å²) in [5.41, 5.74) is 3.83. The van der Waals surface area contributed by atoms with Gasteiger partial charge in [-0.25, -0.2) is 8.78 Å². The van der Waals surface area contributed by atoms with Crippen LogP contribution in [0.4, 0.5) is 13.2 Å². The number of para-hydroxylation sites is 1. The molecule has 0 unspecified atom stereocenters. The molecule has 33 heavy (non-hydrogen) atoms. The first kappa shape index (κ1) is 25.1. The summed E-state index contributed by atoms with van der Waals surface area (Å²) in [7, 11) is 0. The monoisotopic (exact) mass is 461 g/mol. The molecule has 3 rings (SSSR count). The molecule has 1 aromatic heterocycles. The number of benzene rings is 1. The Morgan fingerprint density at radius 3 is 2.82 bits per heavy atom. The van der Waals surface area contributed by atoms with Crippen molar-refractivity contribution < 1.29 is 17.9 Å². The average molecular weight is 462 g/mol. The van der Waals surface area contributed by atoms with Crippen molar-refractivity contribution in [3.8, 4) is 0 Å². The second-order valence-electron chi connectivity index (χ2n) is 8.35. The van der Waals surface area contributed by atoms with Crippen LogP contribution in [-0.2, 0) is 11.2 Å². The number of halogens is 3. The Morgan fingerprint density at radius 2 is 2.09 bits per heavy atom. The largest absolute Gasteiger partial charge is 0.493 e. The van der Waals surface area contributed by atoms with Gasteiger partial charge in [-0.1, -0.05) is 30.9 Å². The molecular weight excluding hydrogens is 427 g/mol. The topological polar surface area (TPSA) is 40.3 Å². The van der Waals surface area contributed by atoms with E-state index in [-0.39, 0.29) is 25.3 Å². The fraction of sp³-hybridized carbons (Fsp3) is 0.462. The number of hydrogen-bond donors (Lipinski definition) is 2. The molecule has 0 saturated carbocycles. The smallest absolute Gasteiger partial charge is 0.251 e. The van der Waals surface area contributed by atoms with Gasteiger partial charge in [0.15, 0.2) is 0 Å². The fourth-order valence-corrected chi connectivity index (χ4v) is 4.42. The average Bonchev–Trinajstić information content (AvgIpc) is 3.16. The Kier molecular flexibility index (Phi) is 9.21. The van der Waals surface area contributed by atoms with Gasteiger partial charge in [-0.05, 0) is 62.6 Å². The molecule has 0 amide bonds. The van der Waals surface area contributed by atoms with Crippen molar-refractivity contribution in [2.45, 2.75) is 45.2 Å². The van der Waals surface area contributed by atoms with Gasteiger partial charge >= 0.3 is 0 Å². The summed E-state index contributed by atoms with van der Waals surface area (Å²) in [6.07, 6.45) is 4.28. The molecule has 4 nitrogen and oxygen atoms in total. The summed E-state index contributed by atoms with van der Waals surface area (Å²) in [6, 6.07) is 7.63. The van der Waals surface area contributed by atoms with Crippen molar-refractivity contribution in [3.05, 3.63) is 71.7 Å². The lowest BCUT2D eigenvalue weighted by atomic mass is 9.88. The Labute approximate surface area is 194 Å². The minimum absolute atomic E-state index is 0.0475. The molecule has 0 radical (unpaired) electrons. The van der Waals surface area contributed by atoms with Crippen LogP contribution in [0.5, 0.6) is 0 Å². The van der Waals surface area contributed by atoms with Crippen molar-refractivity contribution >= 4 is 10.9 Å². The third kappa shape index (κ3) is 6.30. The van der Waals surface area contributed by atoms with E-state index in [0.717, 1.165) is 22.2 Å². The number of aromatic amines is 1. The van der Waals surface area contributed by atoms with Gasteiger partial charge in [0.2, 0.25) is 0 Å². The molecule has 2 N–H and O–H groups in total. The third-order valence-electron chi connectivity index (χ3n) is 6.00. The predicted octanol–water partition coefficient (Wildman–Crippen LogP) is 5.70. The number of nitrogens with one attached hydrogen (secondary N) is 2. The molecule has 7 heteroatoms. The number of aromatic nitrogens is 1. The predicted molar refractivity (Wildman–Crippen MR) is 128 cm³/mol. The highest BCUT2D eigenvalue weighted by Crippen LogP contribution is 2.41. The highest BCUT2D eigenvalue weighted by Gasteiger charge is 2.36. The van der Waals surface area contributed by atoms with Crippen molar-refractivity contribution in [2.24, 2.45) is 0 Å². The van der Waals surface area contributed by atoms with Crippen LogP contribution in [0.3, 0.4) is 0 Å². The van der Waals surface area contributed by atoms with Crippen LogP contribution in [0.1, 0.15) is 37.6 Å². The molecule has 2 atom stereocenters. The molecule has 180 valence electrons. The van der Waals surface area contributed by atoms with Gasteiger partial charge in [-0.2, -0.15) is 0 Å². The minimum atomic E-state index is -2.43. The van der Waals surface area contributed by atoms with E-state index in [9.17, 15) is 13.2 Å². The second kappa shape index (κ2) is 12.1. The van der Waals surface area contributed by atoms with Gasteiger partial charge < -0.3 is 15.0 Å². The van der Waals surface area contributed by atoms with E-state index in [0.29, 0.717) is 38.3 Å². The van der Waals surface area contributed by atoms with Gasteiger partial charge in [-0.3, -0.25) is 9.29 Å². The molecular formula is C26H34F3N3O. The fourth-order valence-electron chi connectivity index (χ4n) is 4.42. The summed E-state index contributed by atoms with van der Waals surface area (Å²) >= 11 is 0. The molecule has 2 heterocycles. The zero-order valence-corrected chi connectivity index (χ0v) is 19.4. The number of nitrogens with zero attached hydrogens (tertiary/aromatic N) is 1. The molecule has 1 aliphatic rings. The molecule has 0 bridgehead atoms. The van der Waals surface area contributed by atoms with Crippen LogP contribution in [0.2, 0.25) is 0 Å². The molecule has 1 aromatic carbocycles. The van der Waals surface area contributed by atoms with Gasteiger partial charge in [0.1, 0.15) is 12.4 Å². The maximum absolute atomic E-state index is 13.5. The lowest BCUT2D eigenvalue weighted by molar-refractivity contribution is 0.0455. The molecule has 0 fully saturated rings. The molecule has 1 aliphatic heterocycles. The second-order valence-corrected chi connectivity index (χ2v) is 8.35. The Hall–Kier alpha value is -2.51. The van der Waals surface area contributed by atoms with Crippen LogP contribution < -0.4 is 5.32 Å². The standard InChI is InChI=1S/C26H34F3N3O/c1-4-20(33-15-14-30-13-7-12-27)11-10-18(2)26-25-22(16-19(3)32(26)17-24(28)29)21-8-5-6-9-23(21)31-25/h4-6,8-11,19,24,26,30-31H,2,7,12-17H2,1,3H3/b11-10-,20-4+/t19-,26-/m1/s1. The van der Waals surface area contributed by atoms with Gasteiger partial charge in [0.05, 0.1) is 19.3 Å². The van der Waals surface area contributed by atoms with Crippen LogP contribution in [0.25, 0.3) is 10.9 Å². The van der Waals surface area contributed by atoms with Crippen LogP contribution in [0.15, 0.2) is 60.4 Å². The van der Waals surface area contributed by atoms with E-state index in [1.54, 1.807) is 0 Å². The maximum Gasteiger partial charge on any atom is 0.251 e. The number of ether oxygens (including phenoxy) is 1. The van der Waals surface area contributed by atoms with Gasteiger partial charge in [0, 0.05) is 29.2 Å². The van der Waals surface area contributed by atoms with Gasteiger partial charge in [0.25, 0.3) is 6.43 Å². The number of hydrogen-bond acceptors (Lipinski definition) is 3. The molecule has 0 saturated heterocycles. The molecule has 0 spiro atoms. The van der Waals surface area contributed by atoms with Crippen molar-refractivity contribution in [3.63, 3.8) is 0 Å². The van der Waals surface area contributed by atoms with Crippen molar-refractivity contribution in [2.75, 3.05) is 32.9 Å².